The summed E-state index contributed by atoms with van der Waals surface area (Å²) in [6, 6.07) is 0.216. The van der Waals surface area contributed by atoms with E-state index in [0.29, 0.717) is 10.8 Å². The van der Waals surface area contributed by atoms with E-state index >= 15 is 0 Å². The van der Waals surface area contributed by atoms with Gasteiger partial charge in [0.1, 0.15) is 6.54 Å². The number of aromatic nitrogens is 1. The van der Waals surface area contributed by atoms with E-state index in [0.717, 1.165) is 71.2 Å². The zero-order valence-electron chi connectivity index (χ0n) is 19.1. The number of rotatable bonds is 8. The Morgan fingerprint density at radius 3 is 2.47 bits per heavy atom. The van der Waals surface area contributed by atoms with E-state index in [1.807, 2.05) is 10.3 Å². The Kier molecular flexibility index (Phi) is 7.78. The number of piperazine rings is 1. The van der Waals surface area contributed by atoms with Crippen molar-refractivity contribution >= 4 is 34.2 Å². The zero-order chi connectivity index (χ0) is 22.5. The lowest BCUT2D eigenvalue weighted by atomic mass is 9.88. The van der Waals surface area contributed by atoms with Crippen LogP contribution in [0.25, 0.3) is 0 Å². The van der Waals surface area contributed by atoms with Crippen LogP contribution in [0.3, 0.4) is 0 Å². The molecule has 8 nitrogen and oxygen atoms in total. The lowest BCUT2D eigenvalue weighted by molar-refractivity contribution is -0.139. The number of nitrogens with one attached hydrogen (secondary N) is 1. The molecular formula is C23H35N5O3S. The van der Waals surface area contributed by atoms with Gasteiger partial charge in [0.2, 0.25) is 17.7 Å². The van der Waals surface area contributed by atoms with Gasteiger partial charge in [-0.1, -0.05) is 26.2 Å². The van der Waals surface area contributed by atoms with Crippen LogP contribution in [-0.2, 0) is 20.8 Å². The number of carbonyl (C=O) groups is 3. The molecule has 0 unspecified atom stereocenters. The molecule has 0 spiro atoms. The molecule has 0 radical (unpaired) electrons. The third kappa shape index (κ3) is 6.07. The minimum atomic E-state index is -0.205. The van der Waals surface area contributed by atoms with Gasteiger partial charge in [0, 0.05) is 43.5 Å². The largest absolute Gasteiger partial charge is 0.340 e. The number of hydrogen-bond acceptors (Lipinski definition) is 6. The number of amides is 3. The molecule has 1 aliphatic heterocycles. The third-order valence-electron chi connectivity index (χ3n) is 6.84. The first-order valence-corrected chi connectivity index (χ1v) is 13.0. The van der Waals surface area contributed by atoms with Crippen LogP contribution in [0.15, 0.2) is 5.38 Å². The van der Waals surface area contributed by atoms with Gasteiger partial charge in [-0.15, -0.1) is 11.3 Å². The van der Waals surface area contributed by atoms with Gasteiger partial charge in [-0.05, 0) is 32.2 Å². The van der Waals surface area contributed by atoms with E-state index in [2.05, 4.69) is 22.1 Å². The molecule has 2 heterocycles. The average Bonchev–Trinajstić information content (AvgIpc) is 3.58. The van der Waals surface area contributed by atoms with Gasteiger partial charge < -0.3 is 20.0 Å². The highest BCUT2D eigenvalue weighted by molar-refractivity contribution is 7.13. The first-order valence-electron chi connectivity index (χ1n) is 12.1. The zero-order valence-corrected chi connectivity index (χ0v) is 19.9. The molecule has 4 rings (SSSR count). The molecule has 0 aromatic carbocycles. The highest BCUT2D eigenvalue weighted by atomic mass is 32.1. The van der Waals surface area contributed by atoms with Crippen LogP contribution in [0.2, 0.25) is 0 Å². The van der Waals surface area contributed by atoms with Crippen LogP contribution in [0.1, 0.15) is 57.6 Å². The average molecular weight is 462 g/mol. The quantitative estimate of drug-likeness (QED) is 0.642. The molecule has 1 aromatic rings. The Balaban J connectivity index is 1.26. The van der Waals surface area contributed by atoms with Crippen molar-refractivity contribution in [1.82, 2.24) is 19.7 Å². The third-order valence-corrected chi connectivity index (χ3v) is 7.65. The maximum Gasteiger partial charge on any atom is 0.245 e. The normalized spacial score (nSPS) is 20.2. The molecule has 32 heavy (non-hydrogen) atoms. The predicted octanol–water partition coefficient (Wildman–Crippen LogP) is 2.36. The number of carbonyl (C=O) groups excluding carboxylic acids is 3. The van der Waals surface area contributed by atoms with Crippen LogP contribution in [0.5, 0.6) is 0 Å². The number of anilines is 1. The fourth-order valence-corrected chi connectivity index (χ4v) is 5.42. The Hall–Kier alpha value is -2.00. The van der Waals surface area contributed by atoms with Crippen molar-refractivity contribution < 1.29 is 14.4 Å². The van der Waals surface area contributed by atoms with E-state index < -0.39 is 0 Å². The van der Waals surface area contributed by atoms with Crippen molar-refractivity contribution in [2.75, 3.05) is 44.6 Å². The predicted molar refractivity (Wildman–Crippen MR) is 124 cm³/mol. The second-order valence-electron chi connectivity index (χ2n) is 9.22. The van der Waals surface area contributed by atoms with Gasteiger partial charge in [-0.3, -0.25) is 14.4 Å². The Bertz CT molecular complexity index is 810. The summed E-state index contributed by atoms with van der Waals surface area (Å²) < 4.78 is 0. The second-order valence-corrected chi connectivity index (χ2v) is 10.1. The van der Waals surface area contributed by atoms with Crippen LogP contribution >= 0.6 is 11.3 Å². The van der Waals surface area contributed by atoms with Gasteiger partial charge in [0.05, 0.1) is 12.1 Å². The highest BCUT2D eigenvalue weighted by Gasteiger charge is 2.37. The molecule has 9 heteroatoms. The summed E-state index contributed by atoms with van der Waals surface area (Å²) in [7, 11) is 0. The summed E-state index contributed by atoms with van der Waals surface area (Å²) >= 11 is 1.33. The fraction of sp³-hybridized carbons (Fsp3) is 0.739. The van der Waals surface area contributed by atoms with Gasteiger partial charge in [0.25, 0.3) is 0 Å². The molecule has 1 N–H and O–H groups in total. The standard InChI is InChI=1S/C23H35N5O3S/c1-2-26-10-12-27(13-11-26)21(30)14-18-16-32-23(24-18)25-20(29)15-28(19-8-9-19)22(31)17-6-4-3-5-7-17/h16-17,19H,2-15H2,1H3,(H,24,25,29). The Morgan fingerprint density at radius 1 is 1.09 bits per heavy atom. The van der Waals surface area contributed by atoms with E-state index in [1.54, 1.807) is 4.90 Å². The van der Waals surface area contributed by atoms with E-state index in [-0.39, 0.29) is 42.6 Å². The molecule has 3 amide bonds. The fourth-order valence-electron chi connectivity index (χ4n) is 4.70. The molecule has 2 saturated carbocycles. The van der Waals surface area contributed by atoms with Gasteiger partial charge in [0.15, 0.2) is 5.13 Å². The molecule has 3 fully saturated rings. The summed E-state index contributed by atoms with van der Waals surface area (Å²) in [5, 5.41) is 5.17. The number of thiazole rings is 1. The SMILES string of the molecule is CCN1CCN(C(=O)Cc2csc(NC(=O)CN(C(=O)C3CCCCC3)C3CC3)n2)CC1. The lowest BCUT2D eigenvalue weighted by Crippen LogP contribution is -2.48. The van der Waals surface area contributed by atoms with Crippen molar-refractivity contribution in [2.24, 2.45) is 5.92 Å². The monoisotopic (exact) mass is 461 g/mol. The maximum absolute atomic E-state index is 13.0. The number of nitrogens with zero attached hydrogens (tertiary/aromatic N) is 4. The van der Waals surface area contributed by atoms with Gasteiger partial charge >= 0.3 is 0 Å². The molecule has 0 atom stereocenters. The molecule has 2 aliphatic carbocycles. The molecule has 1 aromatic heterocycles. The van der Waals surface area contributed by atoms with Crippen molar-refractivity contribution in [1.29, 1.82) is 0 Å². The smallest absolute Gasteiger partial charge is 0.245 e. The summed E-state index contributed by atoms with van der Waals surface area (Å²) in [6.45, 7) is 6.59. The van der Waals surface area contributed by atoms with Crippen molar-refractivity contribution in [3.63, 3.8) is 0 Å². The molecule has 3 aliphatic rings. The maximum atomic E-state index is 13.0. The van der Waals surface area contributed by atoms with Crippen LogP contribution < -0.4 is 5.32 Å². The molecule has 0 bridgehead atoms. The summed E-state index contributed by atoms with van der Waals surface area (Å²) in [6.07, 6.45) is 7.54. The van der Waals surface area contributed by atoms with Crippen LogP contribution in [0.4, 0.5) is 5.13 Å². The summed E-state index contributed by atoms with van der Waals surface area (Å²) in [4.78, 5) is 48.7. The molecule has 1 saturated heterocycles. The highest BCUT2D eigenvalue weighted by Crippen LogP contribution is 2.32. The van der Waals surface area contributed by atoms with Gasteiger partial charge in [-0.25, -0.2) is 4.98 Å². The first-order chi connectivity index (χ1) is 15.5. The number of likely N-dealkylation sites (N-methyl/N-ethyl adjacent to an activating group) is 1. The summed E-state index contributed by atoms with van der Waals surface area (Å²) in [5.74, 6) is 0.107. The topological polar surface area (TPSA) is 85.9 Å². The van der Waals surface area contributed by atoms with Crippen molar-refractivity contribution in [3.8, 4) is 0 Å². The lowest BCUT2D eigenvalue weighted by Gasteiger charge is -2.34. The van der Waals surface area contributed by atoms with Crippen LogP contribution in [-0.4, -0.2) is 82.7 Å². The van der Waals surface area contributed by atoms with Crippen molar-refractivity contribution in [2.45, 2.75) is 64.3 Å². The van der Waals surface area contributed by atoms with E-state index in [4.69, 9.17) is 0 Å². The second kappa shape index (κ2) is 10.7. The molecular weight excluding hydrogens is 426 g/mol. The number of hydrogen-bond donors (Lipinski definition) is 1. The van der Waals surface area contributed by atoms with Crippen molar-refractivity contribution in [3.05, 3.63) is 11.1 Å². The Morgan fingerprint density at radius 2 is 1.81 bits per heavy atom. The first kappa shape index (κ1) is 23.2. The molecule has 176 valence electrons. The summed E-state index contributed by atoms with van der Waals surface area (Å²) in [5.41, 5.74) is 0.686. The van der Waals surface area contributed by atoms with E-state index in [9.17, 15) is 14.4 Å². The van der Waals surface area contributed by atoms with E-state index in [1.165, 1.54) is 17.8 Å². The van der Waals surface area contributed by atoms with Crippen LogP contribution in [0, 0.1) is 5.92 Å². The van der Waals surface area contributed by atoms with Gasteiger partial charge in [-0.2, -0.15) is 0 Å². The minimum absolute atomic E-state index is 0.0776. The minimum Gasteiger partial charge on any atom is -0.340 e. The Labute approximate surface area is 194 Å².